The third kappa shape index (κ3) is 4.09. The first-order chi connectivity index (χ1) is 10.7. The number of carbonyl (C=O) groups excluding carboxylic acids is 2. The van der Waals surface area contributed by atoms with Crippen molar-refractivity contribution in [3.8, 4) is 0 Å². The molecule has 5 heteroatoms. The third-order valence-corrected chi connectivity index (χ3v) is 5.03. The summed E-state index contributed by atoms with van der Waals surface area (Å²) in [5.74, 6) is -0.294. The van der Waals surface area contributed by atoms with Gasteiger partial charge in [0.2, 0.25) is 5.91 Å². The molecule has 0 bridgehead atoms. The highest BCUT2D eigenvalue weighted by atomic mass is 32.1. The molecule has 2 rings (SSSR count). The second kappa shape index (κ2) is 8.32. The molecule has 0 spiro atoms. The fourth-order valence-electron chi connectivity index (χ4n) is 2.66. The van der Waals surface area contributed by atoms with Crippen LogP contribution in [-0.2, 0) is 22.4 Å². The van der Waals surface area contributed by atoms with Gasteiger partial charge in [-0.2, -0.15) is 0 Å². The molecule has 122 valence electrons. The molecule has 0 saturated carbocycles. The predicted molar refractivity (Wildman–Crippen MR) is 89.7 cm³/mol. The zero-order chi connectivity index (χ0) is 15.9. The molecule has 0 unspecified atom stereocenters. The summed E-state index contributed by atoms with van der Waals surface area (Å²) in [6, 6.07) is 0. The second-order valence-corrected chi connectivity index (χ2v) is 6.81. The van der Waals surface area contributed by atoms with Crippen LogP contribution >= 0.6 is 11.3 Å². The van der Waals surface area contributed by atoms with Gasteiger partial charge in [0.05, 0.1) is 12.2 Å². The van der Waals surface area contributed by atoms with Crippen molar-refractivity contribution in [1.82, 2.24) is 0 Å². The van der Waals surface area contributed by atoms with E-state index in [9.17, 15) is 9.59 Å². The Morgan fingerprint density at radius 2 is 1.95 bits per heavy atom. The number of anilines is 1. The molecule has 1 amide bonds. The number of hydrogen-bond acceptors (Lipinski definition) is 4. The second-order valence-electron chi connectivity index (χ2n) is 5.70. The van der Waals surface area contributed by atoms with Gasteiger partial charge in [0.15, 0.2) is 0 Å². The number of nitrogens with one attached hydrogen (secondary N) is 1. The predicted octanol–water partition coefficient (Wildman–Crippen LogP) is 4.32. The van der Waals surface area contributed by atoms with Crippen molar-refractivity contribution in [2.24, 2.45) is 0 Å². The zero-order valence-corrected chi connectivity index (χ0v) is 14.3. The molecule has 0 saturated heterocycles. The maximum Gasteiger partial charge on any atom is 0.341 e. The molecule has 1 heterocycles. The average Bonchev–Trinajstić information content (AvgIpc) is 2.88. The molecule has 1 N–H and O–H groups in total. The van der Waals surface area contributed by atoms with Crippen molar-refractivity contribution < 1.29 is 14.3 Å². The van der Waals surface area contributed by atoms with E-state index in [0.717, 1.165) is 50.5 Å². The largest absolute Gasteiger partial charge is 0.462 e. The molecule has 22 heavy (non-hydrogen) atoms. The monoisotopic (exact) mass is 323 g/mol. The lowest BCUT2D eigenvalue weighted by Gasteiger charge is -2.12. The van der Waals surface area contributed by atoms with E-state index in [1.807, 2.05) is 6.92 Å². The van der Waals surface area contributed by atoms with Crippen molar-refractivity contribution in [3.05, 3.63) is 16.0 Å². The molecule has 1 aromatic rings. The Morgan fingerprint density at radius 3 is 2.68 bits per heavy atom. The lowest BCUT2D eigenvalue weighted by molar-refractivity contribution is -0.116. The maximum absolute atomic E-state index is 12.4. The highest BCUT2D eigenvalue weighted by molar-refractivity contribution is 7.17. The first-order valence-electron chi connectivity index (χ1n) is 8.28. The molecular weight excluding hydrogens is 298 g/mol. The number of aryl methyl sites for hydroxylation is 1. The van der Waals surface area contributed by atoms with Crippen LogP contribution < -0.4 is 5.32 Å². The van der Waals surface area contributed by atoms with Crippen LogP contribution in [0.4, 0.5) is 5.00 Å². The average molecular weight is 323 g/mol. The highest BCUT2D eigenvalue weighted by Crippen LogP contribution is 2.38. The number of fused-ring (bicyclic) bond motifs is 1. The number of rotatable bonds is 7. The maximum atomic E-state index is 12.4. The lowest BCUT2D eigenvalue weighted by atomic mass is 9.95. The molecular formula is C17H25NO3S. The fraction of sp³-hybridized carbons (Fsp3) is 0.647. The molecule has 1 aliphatic carbocycles. The summed E-state index contributed by atoms with van der Waals surface area (Å²) in [5.41, 5.74) is 1.71. The molecule has 0 atom stereocenters. The summed E-state index contributed by atoms with van der Waals surface area (Å²) in [4.78, 5) is 25.6. The molecule has 4 nitrogen and oxygen atoms in total. The summed E-state index contributed by atoms with van der Waals surface area (Å²) < 4.78 is 5.32. The molecule has 0 aromatic carbocycles. The number of amides is 1. The number of carbonyl (C=O) groups is 2. The van der Waals surface area contributed by atoms with Crippen LogP contribution in [0, 0.1) is 0 Å². The molecule has 1 aliphatic rings. The zero-order valence-electron chi connectivity index (χ0n) is 13.5. The SMILES string of the molecule is CCCCC(=O)Nc1sc2c(c1C(=O)OCCC)CCCC2. The summed E-state index contributed by atoms with van der Waals surface area (Å²) >= 11 is 1.55. The van der Waals surface area contributed by atoms with Crippen LogP contribution in [0.3, 0.4) is 0 Å². The summed E-state index contributed by atoms with van der Waals surface area (Å²) in [6.45, 7) is 4.46. The van der Waals surface area contributed by atoms with E-state index in [0.29, 0.717) is 23.6 Å². The third-order valence-electron chi connectivity index (χ3n) is 3.82. The van der Waals surface area contributed by atoms with Gasteiger partial charge >= 0.3 is 5.97 Å². The quantitative estimate of drug-likeness (QED) is 0.760. The van der Waals surface area contributed by atoms with E-state index in [4.69, 9.17) is 4.74 Å². The van der Waals surface area contributed by atoms with Gasteiger partial charge < -0.3 is 10.1 Å². The summed E-state index contributed by atoms with van der Waals surface area (Å²) in [7, 11) is 0. The van der Waals surface area contributed by atoms with Gasteiger partial charge in [-0.15, -0.1) is 11.3 Å². The number of thiophene rings is 1. The first kappa shape index (κ1) is 17.0. The Bertz CT molecular complexity index is 536. The molecule has 0 fully saturated rings. The Morgan fingerprint density at radius 1 is 1.18 bits per heavy atom. The number of hydrogen-bond donors (Lipinski definition) is 1. The smallest absolute Gasteiger partial charge is 0.341 e. The van der Waals surface area contributed by atoms with Crippen molar-refractivity contribution >= 4 is 28.2 Å². The van der Waals surface area contributed by atoms with Crippen molar-refractivity contribution in [1.29, 1.82) is 0 Å². The number of esters is 1. The van der Waals surface area contributed by atoms with E-state index in [1.54, 1.807) is 11.3 Å². The van der Waals surface area contributed by atoms with Crippen molar-refractivity contribution in [2.45, 2.75) is 65.2 Å². The van der Waals surface area contributed by atoms with E-state index >= 15 is 0 Å². The Labute approximate surface area is 136 Å². The van der Waals surface area contributed by atoms with Crippen LogP contribution in [0.15, 0.2) is 0 Å². The van der Waals surface area contributed by atoms with Crippen molar-refractivity contribution in [3.63, 3.8) is 0 Å². The van der Waals surface area contributed by atoms with Gasteiger partial charge in [0, 0.05) is 11.3 Å². The van der Waals surface area contributed by atoms with Crippen LogP contribution in [0.1, 0.15) is 73.2 Å². The number of ether oxygens (including phenoxy) is 1. The summed E-state index contributed by atoms with van der Waals surface area (Å²) in [5, 5.41) is 3.63. The summed E-state index contributed by atoms with van der Waals surface area (Å²) in [6.07, 6.45) is 7.32. The van der Waals surface area contributed by atoms with Gasteiger partial charge in [-0.3, -0.25) is 4.79 Å². The van der Waals surface area contributed by atoms with E-state index in [-0.39, 0.29) is 11.9 Å². The first-order valence-corrected chi connectivity index (χ1v) is 9.10. The topological polar surface area (TPSA) is 55.4 Å². The standard InChI is InChI=1S/C17H25NO3S/c1-3-5-10-14(19)18-16-15(17(20)21-11-4-2)12-8-6-7-9-13(12)22-16/h3-11H2,1-2H3,(H,18,19). The Kier molecular flexibility index (Phi) is 6.43. The molecule has 1 aromatic heterocycles. The molecule has 0 aliphatic heterocycles. The van der Waals surface area contributed by atoms with Crippen LogP contribution in [0.25, 0.3) is 0 Å². The van der Waals surface area contributed by atoms with E-state index in [1.165, 1.54) is 4.88 Å². The van der Waals surface area contributed by atoms with Crippen LogP contribution in [0.5, 0.6) is 0 Å². The van der Waals surface area contributed by atoms with Gasteiger partial charge in [-0.25, -0.2) is 4.79 Å². The highest BCUT2D eigenvalue weighted by Gasteiger charge is 2.27. The van der Waals surface area contributed by atoms with Crippen molar-refractivity contribution in [2.75, 3.05) is 11.9 Å². The minimum Gasteiger partial charge on any atom is -0.462 e. The Hall–Kier alpha value is -1.36. The van der Waals surface area contributed by atoms with E-state index in [2.05, 4.69) is 12.2 Å². The van der Waals surface area contributed by atoms with Crippen LogP contribution in [-0.4, -0.2) is 18.5 Å². The van der Waals surface area contributed by atoms with Crippen LogP contribution in [0.2, 0.25) is 0 Å². The minimum atomic E-state index is -0.285. The Balaban J connectivity index is 2.21. The lowest BCUT2D eigenvalue weighted by Crippen LogP contribution is -2.15. The van der Waals surface area contributed by atoms with Gasteiger partial charge in [0.25, 0.3) is 0 Å². The van der Waals surface area contributed by atoms with E-state index < -0.39 is 0 Å². The minimum absolute atomic E-state index is 0.00927. The normalized spacial score (nSPS) is 13.5. The fourth-order valence-corrected chi connectivity index (χ4v) is 3.96. The van der Waals surface area contributed by atoms with Gasteiger partial charge in [0.1, 0.15) is 5.00 Å². The number of unbranched alkanes of at least 4 members (excludes halogenated alkanes) is 1. The van der Waals surface area contributed by atoms with Gasteiger partial charge in [-0.1, -0.05) is 20.3 Å². The van der Waals surface area contributed by atoms with Gasteiger partial charge in [-0.05, 0) is 44.1 Å². The molecule has 0 radical (unpaired) electrons.